The lowest BCUT2D eigenvalue weighted by atomic mass is 9.97. The zero-order valence-corrected chi connectivity index (χ0v) is 20.7. The molecule has 10 heteroatoms. The number of aromatic nitrogens is 2. The van der Waals surface area contributed by atoms with Crippen molar-refractivity contribution in [3.05, 3.63) is 44.4 Å². The van der Waals surface area contributed by atoms with Crippen LogP contribution in [0.2, 0.25) is 0 Å². The molecule has 2 aromatic rings. The minimum atomic E-state index is -0.403. The Kier molecular flexibility index (Phi) is 7.45. The number of anilines is 1. The summed E-state index contributed by atoms with van der Waals surface area (Å²) in [6, 6.07) is 3.87. The molecule has 1 aromatic carbocycles. The molecule has 35 heavy (non-hydrogen) atoms. The average molecular weight is 483 g/mol. The second-order valence-electron chi connectivity index (χ2n) is 9.38. The van der Waals surface area contributed by atoms with Gasteiger partial charge in [-0.3, -0.25) is 24.0 Å². The summed E-state index contributed by atoms with van der Waals surface area (Å²) in [5.41, 5.74) is 0.629. The largest absolute Gasteiger partial charge is 0.492 e. The molecular formula is C25H34N6O4. The molecule has 2 heterocycles. The number of amides is 1. The maximum absolute atomic E-state index is 12.7. The van der Waals surface area contributed by atoms with Gasteiger partial charge in [0.05, 0.1) is 24.7 Å². The van der Waals surface area contributed by atoms with Crippen LogP contribution in [0.4, 0.5) is 5.69 Å². The normalized spacial score (nSPS) is 18.6. The maximum Gasteiger partial charge on any atom is 0.329 e. The van der Waals surface area contributed by atoms with Gasteiger partial charge in [0.1, 0.15) is 5.52 Å². The predicted molar refractivity (Wildman–Crippen MR) is 135 cm³/mol. The predicted octanol–water partition coefficient (Wildman–Crippen LogP) is 1.61. The molecule has 1 aliphatic carbocycles. The van der Waals surface area contributed by atoms with Crippen molar-refractivity contribution in [2.24, 2.45) is 5.92 Å². The van der Waals surface area contributed by atoms with Crippen LogP contribution in [0.15, 0.2) is 21.7 Å². The number of methoxy groups -OCH3 is 1. The lowest BCUT2D eigenvalue weighted by molar-refractivity contribution is -0.119. The number of fused-ring (bicyclic) bond motifs is 1. The molecule has 2 unspecified atom stereocenters. The SMILES string of the molecule is [C-]#[N+]CCN(CC)C(CNC(C)=O)C1CCN(c2ccc3c(=O)[nH]c(=O)n(C4CC4)c3c2OC)C1. The van der Waals surface area contributed by atoms with E-state index in [0.717, 1.165) is 44.6 Å². The number of hydrogen-bond acceptors (Lipinski definition) is 6. The smallest absolute Gasteiger partial charge is 0.329 e. The molecule has 0 bridgehead atoms. The van der Waals surface area contributed by atoms with Crippen molar-refractivity contribution in [3.63, 3.8) is 0 Å². The second-order valence-corrected chi connectivity index (χ2v) is 9.38. The highest BCUT2D eigenvalue weighted by molar-refractivity contribution is 5.90. The minimum absolute atomic E-state index is 0.0643. The Morgan fingerprint density at radius 2 is 2.11 bits per heavy atom. The van der Waals surface area contributed by atoms with Crippen LogP contribution in [0.5, 0.6) is 5.75 Å². The van der Waals surface area contributed by atoms with Gasteiger partial charge in [-0.15, -0.1) is 0 Å². The molecule has 2 N–H and O–H groups in total. The van der Waals surface area contributed by atoms with Crippen LogP contribution in [0.25, 0.3) is 15.7 Å². The first-order valence-electron chi connectivity index (χ1n) is 12.3. The third-order valence-electron chi connectivity index (χ3n) is 7.20. The van der Waals surface area contributed by atoms with Crippen molar-refractivity contribution in [2.75, 3.05) is 51.3 Å². The van der Waals surface area contributed by atoms with Gasteiger partial charge < -0.3 is 19.8 Å². The molecule has 1 aliphatic heterocycles. The highest BCUT2D eigenvalue weighted by Crippen LogP contribution is 2.42. The summed E-state index contributed by atoms with van der Waals surface area (Å²) >= 11 is 0. The molecule has 0 radical (unpaired) electrons. The van der Waals surface area contributed by atoms with E-state index in [2.05, 4.69) is 31.9 Å². The number of carbonyl (C=O) groups is 1. The molecular weight excluding hydrogens is 448 g/mol. The summed E-state index contributed by atoms with van der Waals surface area (Å²) in [5.74, 6) is 0.764. The maximum atomic E-state index is 12.7. The van der Waals surface area contributed by atoms with E-state index < -0.39 is 11.2 Å². The van der Waals surface area contributed by atoms with E-state index in [1.807, 2.05) is 6.07 Å². The fraction of sp³-hybridized carbons (Fsp3) is 0.600. The van der Waals surface area contributed by atoms with Gasteiger partial charge in [0.2, 0.25) is 12.5 Å². The van der Waals surface area contributed by atoms with Crippen molar-refractivity contribution >= 4 is 22.5 Å². The van der Waals surface area contributed by atoms with Gasteiger partial charge in [-0.25, -0.2) is 11.4 Å². The number of aromatic amines is 1. The van der Waals surface area contributed by atoms with E-state index in [1.165, 1.54) is 6.92 Å². The summed E-state index contributed by atoms with van der Waals surface area (Å²) in [4.78, 5) is 47.4. The number of ether oxygens (including phenoxy) is 1. The Hall–Kier alpha value is -3.32. The van der Waals surface area contributed by atoms with Crippen LogP contribution >= 0.6 is 0 Å². The van der Waals surface area contributed by atoms with Crippen LogP contribution in [0.1, 0.15) is 39.2 Å². The van der Waals surface area contributed by atoms with Crippen LogP contribution < -0.4 is 26.2 Å². The minimum Gasteiger partial charge on any atom is -0.492 e. The zero-order chi connectivity index (χ0) is 25.1. The number of rotatable bonds is 10. The molecule has 2 aliphatic rings. The number of nitrogens with one attached hydrogen (secondary N) is 2. The topological polar surface area (TPSA) is 104 Å². The Labute approximate surface area is 204 Å². The lowest BCUT2D eigenvalue weighted by Gasteiger charge is -2.34. The van der Waals surface area contributed by atoms with E-state index in [9.17, 15) is 14.4 Å². The molecule has 1 saturated heterocycles. The average Bonchev–Trinajstić information content (AvgIpc) is 3.55. The van der Waals surface area contributed by atoms with Crippen LogP contribution in [0, 0.1) is 12.5 Å². The number of nitrogens with zero attached hydrogens (tertiary/aromatic N) is 4. The van der Waals surface area contributed by atoms with Crippen molar-refractivity contribution in [3.8, 4) is 5.75 Å². The molecule has 1 saturated carbocycles. The Morgan fingerprint density at radius 1 is 1.34 bits per heavy atom. The highest BCUT2D eigenvalue weighted by atomic mass is 16.5. The first kappa shape index (κ1) is 24.8. The lowest BCUT2D eigenvalue weighted by Crippen LogP contribution is -2.49. The summed E-state index contributed by atoms with van der Waals surface area (Å²) in [5, 5.41) is 3.43. The summed E-state index contributed by atoms with van der Waals surface area (Å²) in [6.07, 6.45) is 2.73. The van der Waals surface area contributed by atoms with Crippen molar-refractivity contribution < 1.29 is 9.53 Å². The third-order valence-corrected chi connectivity index (χ3v) is 7.20. The van der Waals surface area contributed by atoms with Crippen molar-refractivity contribution in [1.29, 1.82) is 0 Å². The Balaban J connectivity index is 1.68. The Morgan fingerprint density at radius 3 is 2.74 bits per heavy atom. The second kappa shape index (κ2) is 10.5. The number of hydrogen-bond donors (Lipinski definition) is 2. The standard InChI is InChI=1S/C25H34N6O4/c1-5-29(13-11-26-3)21(14-27-16(2)32)17-10-12-30(15-17)20-9-8-19-22(23(20)35-4)31(18-6-7-18)25(34)28-24(19)33/h8-9,17-18,21H,5-7,10-15H2,1-2,4H3,(H,27,32)(H,28,33,34). The molecule has 1 amide bonds. The monoisotopic (exact) mass is 482 g/mol. The van der Waals surface area contributed by atoms with Gasteiger partial charge in [0.25, 0.3) is 5.56 Å². The summed E-state index contributed by atoms with van der Waals surface area (Å²) in [7, 11) is 1.58. The Bertz CT molecular complexity index is 1240. The van der Waals surface area contributed by atoms with E-state index in [-0.39, 0.29) is 23.9 Å². The van der Waals surface area contributed by atoms with Gasteiger partial charge in [-0.1, -0.05) is 6.92 Å². The van der Waals surface area contributed by atoms with E-state index in [0.29, 0.717) is 36.3 Å². The molecule has 2 fully saturated rings. The fourth-order valence-corrected chi connectivity index (χ4v) is 5.34. The van der Waals surface area contributed by atoms with E-state index in [1.54, 1.807) is 17.7 Å². The van der Waals surface area contributed by atoms with Crippen molar-refractivity contribution in [2.45, 2.75) is 45.2 Å². The zero-order valence-electron chi connectivity index (χ0n) is 20.7. The number of benzene rings is 1. The van der Waals surface area contributed by atoms with E-state index in [4.69, 9.17) is 11.3 Å². The molecule has 1 aromatic heterocycles. The van der Waals surface area contributed by atoms with Crippen molar-refractivity contribution in [1.82, 2.24) is 19.8 Å². The molecule has 188 valence electrons. The first-order valence-corrected chi connectivity index (χ1v) is 12.3. The van der Waals surface area contributed by atoms with Gasteiger partial charge in [-0.05, 0) is 43.9 Å². The highest BCUT2D eigenvalue weighted by Gasteiger charge is 2.35. The van der Waals surface area contributed by atoms with E-state index >= 15 is 0 Å². The fourth-order valence-electron chi connectivity index (χ4n) is 5.34. The van der Waals surface area contributed by atoms with Gasteiger partial charge in [-0.2, -0.15) is 0 Å². The third kappa shape index (κ3) is 5.05. The first-order chi connectivity index (χ1) is 16.9. The molecule has 0 spiro atoms. The van der Waals surface area contributed by atoms with Crippen LogP contribution in [0.3, 0.4) is 0 Å². The summed E-state index contributed by atoms with van der Waals surface area (Å²) < 4.78 is 7.52. The van der Waals surface area contributed by atoms with Gasteiger partial charge >= 0.3 is 5.69 Å². The quantitative estimate of drug-likeness (QED) is 0.499. The number of H-pyrrole nitrogens is 1. The molecule has 4 rings (SSSR count). The van der Waals surface area contributed by atoms with Gasteiger partial charge in [0.15, 0.2) is 5.75 Å². The number of carbonyl (C=O) groups excluding carboxylic acids is 1. The summed E-state index contributed by atoms with van der Waals surface area (Å²) in [6.45, 7) is 14.7. The molecule has 10 nitrogen and oxygen atoms in total. The molecule has 2 atom stereocenters. The number of likely N-dealkylation sites (N-methyl/N-ethyl adjacent to an activating group) is 1. The van der Waals surface area contributed by atoms with Crippen LogP contribution in [-0.4, -0.2) is 72.8 Å². The van der Waals surface area contributed by atoms with Gasteiger partial charge in [0, 0.05) is 38.6 Å². The van der Waals surface area contributed by atoms with Crippen LogP contribution in [-0.2, 0) is 4.79 Å².